The van der Waals surface area contributed by atoms with E-state index in [0.29, 0.717) is 77.9 Å². The van der Waals surface area contributed by atoms with Crippen LogP contribution in [0.15, 0.2) is 85.7 Å². The van der Waals surface area contributed by atoms with Crippen LogP contribution in [0.3, 0.4) is 0 Å². The van der Waals surface area contributed by atoms with Gasteiger partial charge in [0, 0.05) is 87.4 Å². The van der Waals surface area contributed by atoms with E-state index in [1.54, 1.807) is 56.8 Å². The maximum atomic E-state index is 11.8. The highest BCUT2D eigenvalue weighted by atomic mass is 35.5. The number of anilines is 3. The van der Waals surface area contributed by atoms with E-state index < -0.39 is 21.5 Å². The molecular weight excluding hydrogens is 1360 g/mol. The fraction of sp³-hybridized carbons (Fsp3) is 0.542. The number of halogens is 2. The molecule has 2 saturated carbocycles. The van der Waals surface area contributed by atoms with Crippen molar-refractivity contribution < 1.29 is 43.8 Å². The molecule has 1 amide bonds. The molecule has 103 heavy (non-hydrogen) atoms. The third kappa shape index (κ3) is 44.9. The number of amides is 1. The van der Waals surface area contributed by atoms with E-state index >= 15 is 0 Å². The first kappa shape index (κ1) is 108. The molecule has 29 nitrogen and oxygen atoms in total. The topological polar surface area (TPSA) is 454 Å². The first-order valence-corrected chi connectivity index (χ1v) is 31.7. The monoisotopic (exact) mass is 1490 g/mol. The van der Waals surface area contributed by atoms with E-state index in [0.717, 1.165) is 75.8 Å². The molecule has 6 aromatic rings. The molecule has 0 aliphatic heterocycles. The van der Waals surface area contributed by atoms with Crippen molar-refractivity contribution in [1.29, 1.82) is 0 Å². The second kappa shape index (κ2) is 58.6. The number of alkyl carbamates (subject to hydrolysis) is 1. The lowest BCUT2D eigenvalue weighted by Gasteiger charge is -2.30. The molecule has 2 fully saturated rings. The highest BCUT2D eigenvalue weighted by Crippen LogP contribution is 2.30. The van der Waals surface area contributed by atoms with Gasteiger partial charge in [-0.05, 0) is 187 Å². The molecule has 2 aliphatic carbocycles. The van der Waals surface area contributed by atoms with Gasteiger partial charge >= 0.3 is 17.5 Å². The van der Waals surface area contributed by atoms with Gasteiger partial charge in [0.1, 0.15) is 23.1 Å². The number of carbonyl (C=O) groups is 1. The third-order valence-electron chi connectivity index (χ3n) is 12.7. The van der Waals surface area contributed by atoms with E-state index in [4.69, 9.17) is 76.7 Å². The molecular formula is C72H124Cl2N18O11. The Morgan fingerprint density at radius 1 is 0.621 bits per heavy atom. The Morgan fingerprint density at radius 2 is 1.02 bits per heavy atom. The van der Waals surface area contributed by atoms with Gasteiger partial charge in [-0.15, -0.1) is 12.8 Å². The molecule has 16 N–H and O–H groups in total. The van der Waals surface area contributed by atoms with Crippen LogP contribution >= 0.6 is 23.2 Å². The number of rotatable bonds is 19. The van der Waals surface area contributed by atoms with Crippen LogP contribution in [-0.2, 0) is 17.8 Å². The number of hydrogen-bond acceptors (Lipinski definition) is 26. The lowest BCUT2D eigenvalue weighted by molar-refractivity contribution is -0.384. The number of nitrogens with zero attached hydrogens (tertiary/aromatic N) is 10. The van der Waals surface area contributed by atoms with Crippen molar-refractivity contribution in [1.82, 2.24) is 57.5 Å². The van der Waals surface area contributed by atoms with Crippen molar-refractivity contribution in [2.24, 2.45) is 23.3 Å². The summed E-state index contributed by atoms with van der Waals surface area (Å²) in [7, 11) is 1.00. The number of nitro groups is 2. The number of aromatic nitrogens is 8. The van der Waals surface area contributed by atoms with Crippen molar-refractivity contribution in [2.45, 2.75) is 227 Å². The van der Waals surface area contributed by atoms with Gasteiger partial charge in [-0.25, -0.2) is 34.7 Å². The molecule has 6 aromatic heterocycles. The van der Waals surface area contributed by atoms with Crippen LogP contribution in [0.2, 0.25) is 10.4 Å². The Kier molecular flexibility index (Phi) is 61.1. The molecule has 6 heterocycles. The number of aliphatic hydroxyl groups is 2. The van der Waals surface area contributed by atoms with Crippen LogP contribution in [0.5, 0.6) is 17.6 Å². The van der Waals surface area contributed by atoms with Gasteiger partial charge in [-0.2, -0.15) is 9.97 Å². The first-order chi connectivity index (χ1) is 45.1. The highest BCUT2D eigenvalue weighted by molar-refractivity contribution is 6.30. The van der Waals surface area contributed by atoms with Crippen LogP contribution < -0.4 is 59.2 Å². The normalized spacial score (nSPS) is 14.1. The summed E-state index contributed by atoms with van der Waals surface area (Å²) in [5.41, 5.74) is 13.7. The lowest BCUT2D eigenvalue weighted by atomic mass is 9.86. The van der Waals surface area contributed by atoms with Crippen LogP contribution in [-0.4, -0.2) is 128 Å². The van der Waals surface area contributed by atoms with Gasteiger partial charge in [0.2, 0.25) is 40.5 Å². The molecule has 2 aliphatic rings. The van der Waals surface area contributed by atoms with Gasteiger partial charge in [-0.1, -0.05) is 80.1 Å². The summed E-state index contributed by atoms with van der Waals surface area (Å²) in [5, 5.41) is 49.9. The second-order valence-corrected chi connectivity index (χ2v) is 24.0. The predicted octanol–water partition coefficient (Wildman–Crippen LogP) is 15.7. The molecule has 0 spiro atoms. The van der Waals surface area contributed by atoms with Crippen molar-refractivity contribution in [3.63, 3.8) is 0 Å². The van der Waals surface area contributed by atoms with Crippen molar-refractivity contribution in [3.8, 4) is 42.3 Å². The number of aliphatic hydroxyl groups excluding tert-OH is 2. The standard InChI is InChI=1S/C20H29N7O3.C16H24ClN5O4.C10H11NO.C9H14N2O.C7H4ClN.C3H8O.CH4O.6CH4.2H3N/c1-13(2)30-19-15(4-3-9-22-19)11-24-20-25-12-17(27(28)29)18(26-20)23-10-14-5-7-16(21)8-6-14;1-16(2,3)26-15(23)20-11-6-4-10(5-7-11)8-18-13-12(22(24)25)9-19-14(17)21-13;1-4-9-6-5-7-11-10(9)12-8(2)3;1-7(2)12-9-8(6-10)4-3-5-11-9;1-2-6-4-3-5-9-7(6)8;1-3(2)4;1-2;;;;;;;;/h3-4,9,12-14,16H,5-8,10-11,21H2,1-2H3,(H2,23,24,25,26);9-11H,4-8H2,1-3H3,(H,20,23)(H,18,19,21);1,5-8H,2-3H3;3-5,7H,6,10H2,1-2H3;1,3-5H;3-4H,1-2H3;2H,1H3;6*1H4;2*1H3. The van der Waals surface area contributed by atoms with Gasteiger partial charge in [0.25, 0.3) is 0 Å². The van der Waals surface area contributed by atoms with Crippen molar-refractivity contribution >= 4 is 58.3 Å². The largest absolute Gasteiger partial charge is 0.475 e. The van der Waals surface area contributed by atoms with E-state index in [-0.39, 0.29) is 122 Å². The fourth-order valence-electron chi connectivity index (χ4n) is 8.48. The molecule has 0 atom stereocenters. The summed E-state index contributed by atoms with van der Waals surface area (Å²) >= 11 is 11.3. The number of nitrogens with two attached hydrogens (primary N) is 2. The third-order valence-corrected chi connectivity index (χ3v) is 13.2. The number of ether oxygens (including phenoxy) is 4. The van der Waals surface area contributed by atoms with Gasteiger partial charge in [0.05, 0.1) is 39.3 Å². The summed E-state index contributed by atoms with van der Waals surface area (Å²) in [6, 6.07) is 15.0. The number of nitrogens with one attached hydrogen (secondary N) is 4. The zero-order chi connectivity index (χ0) is 71.0. The molecule has 0 radical (unpaired) electrons. The SMILES string of the molecule is C.C.C.C.C.C.C#Cc1cccnc1Cl.C#Cc1cccnc1OC(C)C.CC(C)(C)OC(=O)NC1CCC(CNc2nc(Cl)ncc2[N+](=O)[O-])CC1.CC(C)O.CC(C)Oc1ncccc1CN.CC(C)Oc1ncccc1CNc1ncc([N+](=O)[O-])c(NCC2CCC(N)CC2)n1.CO.N.N. The van der Waals surface area contributed by atoms with Crippen LogP contribution in [0.4, 0.5) is 33.8 Å². The first-order valence-electron chi connectivity index (χ1n) is 31.0. The maximum absolute atomic E-state index is 11.8. The van der Waals surface area contributed by atoms with E-state index in [1.807, 2.05) is 92.6 Å². The molecule has 31 heteroatoms. The summed E-state index contributed by atoms with van der Waals surface area (Å²) in [5.74, 6) is 8.05. The van der Waals surface area contributed by atoms with E-state index in [2.05, 4.69) is 73.0 Å². The highest BCUT2D eigenvalue weighted by Gasteiger charge is 2.27. The predicted molar refractivity (Wildman–Crippen MR) is 421 cm³/mol. The molecule has 582 valence electrons. The Balaban J connectivity index is -0.000000228. The van der Waals surface area contributed by atoms with Crippen LogP contribution in [0, 0.1) is 56.8 Å². The Labute approximate surface area is 624 Å². The molecule has 0 saturated heterocycles. The zero-order valence-corrected chi connectivity index (χ0v) is 59.2. The number of pyridine rings is 4. The van der Waals surface area contributed by atoms with Gasteiger partial charge < -0.3 is 74.2 Å². The van der Waals surface area contributed by atoms with Gasteiger partial charge in [-0.3, -0.25) is 20.2 Å². The van der Waals surface area contributed by atoms with Gasteiger partial charge in [0.15, 0.2) is 0 Å². The average molecular weight is 1490 g/mol. The average Bonchev–Trinajstić information content (AvgIpc) is 0.845. The van der Waals surface area contributed by atoms with Crippen molar-refractivity contribution in [3.05, 3.63) is 139 Å². The lowest BCUT2D eigenvalue weighted by Crippen LogP contribution is -2.41. The van der Waals surface area contributed by atoms with Crippen molar-refractivity contribution in [2.75, 3.05) is 36.1 Å². The minimum absolute atomic E-state index is 0. The Bertz CT molecular complexity index is 3320. The minimum atomic E-state index is -0.541. The summed E-state index contributed by atoms with van der Waals surface area (Å²) in [6.07, 6.45) is 26.4. The van der Waals surface area contributed by atoms with Crippen LogP contribution in [0.25, 0.3) is 0 Å². The Hall–Kier alpha value is -8.91. The molecule has 0 bridgehead atoms. The Morgan fingerprint density at radius 3 is 1.45 bits per heavy atom. The van der Waals surface area contributed by atoms with E-state index in [9.17, 15) is 25.0 Å². The number of terminal acetylenes is 2. The van der Waals surface area contributed by atoms with E-state index in [1.165, 1.54) is 6.20 Å². The molecule has 0 aromatic carbocycles. The summed E-state index contributed by atoms with van der Waals surface area (Å²) < 4.78 is 21.8. The quantitative estimate of drug-likeness (QED) is 0.0118. The summed E-state index contributed by atoms with van der Waals surface area (Å²) in [6.45, 7) is 22.6. The zero-order valence-electron chi connectivity index (χ0n) is 57.7. The molecule has 8 rings (SSSR count). The minimum Gasteiger partial charge on any atom is -0.475 e. The molecule has 0 unspecified atom stereocenters. The maximum Gasteiger partial charge on any atom is 0.407 e. The van der Waals surface area contributed by atoms with Crippen LogP contribution in [0.1, 0.15) is 194 Å². The smallest absolute Gasteiger partial charge is 0.407 e. The number of hydrogen-bond donors (Lipinski definition) is 10. The fourth-order valence-corrected chi connectivity index (χ4v) is 8.79. The summed E-state index contributed by atoms with van der Waals surface area (Å²) in [4.78, 5) is 65.3. The second-order valence-electron chi connectivity index (χ2n) is 23.3. The number of carbonyl (C=O) groups excluding carboxylic acids is 1.